The molecule has 0 saturated carbocycles. The Hall–Kier alpha value is -2.70. The number of nitro benzene ring substituents is 1. The lowest BCUT2D eigenvalue weighted by Gasteiger charge is -2.12. The van der Waals surface area contributed by atoms with Crippen LogP contribution in [0.15, 0.2) is 29.4 Å². The van der Waals surface area contributed by atoms with Gasteiger partial charge >= 0.3 is 5.51 Å². The molecule has 13 heteroatoms. The summed E-state index contributed by atoms with van der Waals surface area (Å²) < 4.78 is 62.4. The Balaban J connectivity index is 2.36. The minimum absolute atomic E-state index is 0.00435. The molecule has 0 aliphatic carbocycles. The largest absolute Gasteiger partial charge is 0.501 e. The molecule has 2 rings (SSSR count). The van der Waals surface area contributed by atoms with Crippen molar-refractivity contribution in [2.75, 3.05) is 5.32 Å². The minimum atomic E-state index is -5.68. The van der Waals surface area contributed by atoms with Crippen LogP contribution in [0.4, 0.5) is 24.5 Å². The number of anilines is 1. The molecule has 2 aromatic rings. The van der Waals surface area contributed by atoms with Gasteiger partial charge in [0.25, 0.3) is 15.5 Å². The van der Waals surface area contributed by atoms with Crippen LogP contribution in [0, 0.1) is 10.1 Å². The first-order chi connectivity index (χ1) is 11.9. The van der Waals surface area contributed by atoms with Gasteiger partial charge in [-0.05, 0) is 26.0 Å². The van der Waals surface area contributed by atoms with Crippen molar-refractivity contribution < 1.29 is 26.5 Å². The van der Waals surface area contributed by atoms with Gasteiger partial charge < -0.3 is 9.88 Å². The monoisotopic (exact) mass is 393 g/mol. The molecular weight excluding hydrogens is 379 g/mol. The summed E-state index contributed by atoms with van der Waals surface area (Å²) in [5.74, 6) is 0.446. The predicted octanol–water partition coefficient (Wildman–Crippen LogP) is 2.67. The highest BCUT2D eigenvalue weighted by Gasteiger charge is 2.47. The van der Waals surface area contributed by atoms with Crippen molar-refractivity contribution >= 4 is 21.2 Å². The van der Waals surface area contributed by atoms with Gasteiger partial charge in [0.15, 0.2) is 5.82 Å². The average Bonchev–Trinajstić information content (AvgIpc) is 3.00. The van der Waals surface area contributed by atoms with Crippen LogP contribution in [0.25, 0.3) is 0 Å². The first-order valence-corrected chi connectivity index (χ1v) is 8.65. The second-order valence-electron chi connectivity index (χ2n) is 5.49. The molecule has 0 aliphatic heterocycles. The zero-order chi connectivity index (χ0) is 19.7. The summed E-state index contributed by atoms with van der Waals surface area (Å²) in [6.07, 6.45) is 1.47. The second kappa shape index (κ2) is 6.90. The third-order valence-electron chi connectivity index (χ3n) is 3.42. The van der Waals surface area contributed by atoms with Crippen LogP contribution >= 0.6 is 0 Å². The molecule has 1 aromatic heterocycles. The van der Waals surface area contributed by atoms with Crippen molar-refractivity contribution in [2.24, 2.45) is 0 Å². The molecule has 9 nitrogen and oxygen atoms in total. The van der Waals surface area contributed by atoms with E-state index in [1.54, 1.807) is 4.57 Å². The van der Waals surface area contributed by atoms with E-state index in [2.05, 4.69) is 15.5 Å². The number of sulfone groups is 1. The molecular formula is C13H14F3N5O4S. The van der Waals surface area contributed by atoms with Gasteiger partial charge in [-0.2, -0.15) is 13.2 Å². The molecule has 0 bridgehead atoms. The van der Waals surface area contributed by atoms with Gasteiger partial charge in [0.05, 0.1) is 16.4 Å². The van der Waals surface area contributed by atoms with E-state index in [1.165, 1.54) is 6.33 Å². The van der Waals surface area contributed by atoms with Crippen LogP contribution in [0.1, 0.15) is 25.7 Å². The number of nitrogens with one attached hydrogen (secondary N) is 1. The number of alkyl halides is 3. The van der Waals surface area contributed by atoms with Gasteiger partial charge in [0.2, 0.25) is 0 Å². The quantitative estimate of drug-likeness (QED) is 0.592. The van der Waals surface area contributed by atoms with Crippen molar-refractivity contribution in [1.82, 2.24) is 14.8 Å². The molecule has 0 amide bonds. The van der Waals surface area contributed by atoms with Gasteiger partial charge in [-0.3, -0.25) is 10.1 Å². The van der Waals surface area contributed by atoms with E-state index in [0.29, 0.717) is 18.0 Å². The molecule has 0 saturated heterocycles. The molecule has 26 heavy (non-hydrogen) atoms. The van der Waals surface area contributed by atoms with Crippen LogP contribution < -0.4 is 5.32 Å². The fourth-order valence-electron chi connectivity index (χ4n) is 2.11. The first kappa shape index (κ1) is 19.6. The topological polar surface area (TPSA) is 120 Å². The fourth-order valence-corrected chi connectivity index (χ4v) is 2.89. The predicted molar refractivity (Wildman–Crippen MR) is 84.1 cm³/mol. The number of hydrogen-bond acceptors (Lipinski definition) is 7. The van der Waals surface area contributed by atoms with Crippen LogP contribution in [0.3, 0.4) is 0 Å². The molecule has 1 aromatic carbocycles. The summed E-state index contributed by atoms with van der Waals surface area (Å²) in [6, 6.07) is 1.97. The van der Waals surface area contributed by atoms with Crippen molar-refractivity contribution in [1.29, 1.82) is 0 Å². The van der Waals surface area contributed by atoms with E-state index in [-0.39, 0.29) is 18.3 Å². The normalized spacial score (nSPS) is 12.4. The zero-order valence-electron chi connectivity index (χ0n) is 13.6. The van der Waals surface area contributed by atoms with Gasteiger partial charge in [0, 0.05) is 12.1 Å². The van der Waals surface area contributed by atoms with E-state index in [4.69, 9.17) is 0 Å². The highest BCUT2D eigenvalue weighted by Crippen LogP contribution is 2.34. The highest BCUT2D eigenvalue weighted by molar-refractivity contribution is 7.92. The summed E-state index contributed by atoms with van der Waals surface area (Å²) in [5, 5.41) is 21.4. The van der Waals surface area contributed by atoms with Crippen LogP contribution in [-0.4, -0.2) is 33.6 Å². The Morgan fingerprint density at radius 3 is 2.54 bits per heavy atom. The van der Waals surface area contributed by atoms with Gasteiger partial charge in [-0.15, -0.1) is 10.2 Å². The van der Waals surface area contributed by atoms with Crippen molar-refractivity contribution in [3.05, 3.63) is 40.5 Å². The van der Waals surface area contributed by atoms with Gasteiger partial charge in [-0.1, -0.05) is 0 Å². The van der Waals surface area contributed by atoms with E-state index in [9.17, 15) is 31.7 Å². The lowest BCUT2D eigenvalue weighted by Crippen LogP contribution is -2.23. The Bertz CT molecular complexity index is 924. The zero-order valence-corrected chi connectivity index (χ0v) is 14.4. The lowest BCUT2D eigenvalue weighted by atomic mass is 10.2. The van der Waals surface area contributed by atoms with E-state index in [1.807, 2.05) is 13.8 Å². The van der Waals surface area contributed by atoms with Crippen LogP contribution in [-0.2, 0) is 16.4 Å². The number of rotatable bonds is 6. The number of nitrogens with zero attached hydrogens (tertiary/aromatic N) is 4. The fraction of sp³-hybridized carbons (Fsp3) is 0.385. The summed E-state index contributed by atoms with van der Waals surface area (Å²) >= 11 is 0. The third kappa shape index (κ3) is 3.76. The summed E-state index contributed by atoms with van der Waals surface area (Å²) in [7, 11) is -5.68. The molecule has 142 valence electrons. The van der Waals surface area contributed by atoms with Gasteiger partial charge in [0.1, 0.15) is 12.0 Å². The van der Waals surface area contributed by atoms with Crippen LogP contribution in [0.5, 0.6) is 0 Å². The highest BCUT2D eigenvalue weighted by atomic mass is 32.2. The molecule has 0 spiro atoms. The Morgan fingerprint density at radius 2 is 2.00 bits per heavy atom. The molecule has 0 atom stereocenters. The van der Waals surface area contributed by atoms with Crippen molar-refractivity contribution in [3.63, 3.8) is 0 Å². The third-order valence-corrected chi connectivity index (χ3v) is 4.91. The Labute approximate surface area is 145 Å². The van der Waals surface area contributed by atoms with Crippen LogP contribution in [0.2, 0.25) is 0 Å². The average molecular weight is 393 g/mol. The number of halogens is 3. The number of hydrogen-bond donors (Lipinski definition) is 1. The Morgan fingerprint density at radius 1 is 1.35 bits per heavy atom. The smallest absolute Gasteiger partial charge is 0.372 e. The molecule has 0 fully saturated rings. The van der Waals surface area contributed by atoms with Gasteiger partial charge in [-0.25, -0.2) is 8.42 Å². The molecule has 0 radical (unpaired) electrons. The maximum absolute atomic E-state index is 12.6. The standard InChI is InChI=1S/C13H14F3N5O4S/c1-8(2)20-7-18-19-12(20)6-17-10-4-3-9(5-11(10)21(22)23)26(24,25)13(14,15)16/h3-5,7-8,17H,6H2,1-2H3. The lowest BCUT2D eigenvalue weighted by molar-refractivity contribution is -0.384. The van der Waals surface area contributed by atoms with E-state index in [0.717, 1.165) is 6.07 Å². The summed E-state index contributed by atoms with van der Waals surface area (Å²) in [4.78, 5) is 8.97. The minimum Gasteiger partial charge on any atom is -0.372 e. The first-order valence-electron chi connectivity index (χ1n) is 7.17. The summed E-state index contributed by atoms with van der Waals surface area (Å²) in [6.45, 7) is 3.74. The number of nitro groups is 1. The number of benzene rings is 1. The molecule has 0 aliphatic rings. The maximum Gasteiger partial charge on any atom is 0.501 e. The molecule has 0 unspecified atom stereocenters. The van der Waals surface area contributed by atoms with Crippen molar-refractivity contribution in [2.45, 2.75) is 36.8 Å². The molecule has 1 N–H and O–H groups in total. The van der Waals surface area contributed by atoms with E-state index < -0.39 is 30.9 Å². The Kier molecular flexibility index (Phi) is 5.21. The summed E-state index contributed by atoms with van der Waals surface area (Å²) in [5.41, 5.74) is -6.50. The molecule has 1 heterocycles. The maximum atomic E-state index is 12.6. The van der Waals surface area contributed by atoms with E-state index >= 15 is 0 Å². The van der Waals surface area contributed by atoms with Crippen molar-refractivity contribution in [3.8, 4) is 0 Å². The second-order valence-corrected chi connectivity index (χ2v) is 7.43. The SMILES string of the molecule is CC(C)n1cnnc1CNc1ccc(S(=O)(=O)C(F)(F)F)cc1[N+](=O)[O-]. The number of aromatic nitrogens is 3.